The number of nitrogens with zero attached hydrogens (tertiary/aromatic N) is 2. The van der Waals surface area contributed by atoms with Gasteiger partial charge in [-0.25, -0.2) is 0 Å². The van der Waals surface area contributed by atoms with Crippen molar-refractivity contribution < 1.29 is 14.4 Å². The van der Waals surface area contributed by atoms with Gasteiger partial charge in [0.05, 0.1) is 6.04 Å². The van der Waals surface area contributed by atoms with Gasteiger partial charge in [0.2, 0.25) is 5.91 Å². The summed E-state index contributed by atoms with van der Waals surface area (Å²) < 4.78 is 0. The highest BCUT2D eigenvalue weighted by Crippen LogP contribution is 2.22. The number of amides is 1. The number of benzene rings is 1. The lowest BCUT2D eigenvalue weighted by molar-refractivity contribution is -0.131. The molecule has 1 aromatic carbocycles. The summed E-state index contributed by atoms with van der Waals surface area (Å²) in [6.45, 7) is 0.573. The Hall–Kier alpha value is -2.82. The number of pyridine rings is 1. The average molecular weight is 336 g/mol. The van der Waals surface area contributed by atoms with Crippen LogP contribution in [0.25, 0.3) is 0 Å². The fourth-order valence-corrected chi connectivity index (χ4v) is 3.17. The molecule has 1 saturated heterocycles. The molecular weight excluding hydrogens is 316 g/mol. The van der Waals surface area contributed by atoms with Gasteiger partial charge < -0.3 is 4.90 Å². The summed E-state index contributed by atoms with van der Waals surface area (Å²) in [7, 11) is 0. The lowest BCUT2D eigenvalue weighted by Crippen LogP contribution is -2.40. The predicted molar refractivity (Wildman–Crippen MR) is 93.3 cm³/mol. The van der Waals surface area contributed by atoms with Gasteiger partial charge in [-0.3, -0.25) is 19.4 Å². The van der Waals surface area contributed by atoms with Crippen molar-refractivity contribution in [3.8, 4) is 0 Å². The molecule has 5 heteroatoms. The van der Waals surface area contributed by atoms with Gasteiger partial charge in [-0.15, -0.1) is 0 Å². The molecule has 5 nitrogen and oxygen atoms in total. The second-order valence-corrected chi connectivity index (χ2v) is 6.14. The lowest BCUT2D eigenvalue weighted by Gasteiger charge is -2.23. The Bertz CT molecular complexity index is 759. The monoisotopic (exact) mass is 336 g/mol. The Balaban J connectivity index is 1.61. The van der Waals surface area contributed by atoms with Crippen LogP contribution in [0.4, 0.5) is 0 Å². The van der Waals surface area contributed by atoms with Crippen molar-refractivity contribution in [3.05, 3.63) is 66.0 Å². The molecule has 2 aromatic rings. The van der Waals surface area contributed by atoms with Crippen molar-refractivity contribution in [1.82, 2.24) is 9.88 Å². The molecule has 1 fully saturated rings. The zero-order chi connectivity index (χ0) is 17.6. The average Bonchev–Trinajstić information content (AvgIpc) is 3.16. The van der Waals surface area contributed by atoms with E-state index in [1.54, 1.807) is 35.4 Å². The van der Waals surface area contributed by atoms with E-state index in [-0.39, 0.29) is 30.3 Å². The van der Waals surface area contributed by atoms with Gasteiger partial charge in [-0.05, 0) is 25.0 Å². The number of ketones is 2. The number of hydrogen-bond acceptors (Lipinski definition) is 4. The Morgan fingerprint density at radius 2 is 1.76 bits per heavy atom. The van der Waals surface area contributed by atoms with Gasteiger partial charge in [0.25, 0.3) is 0 Å². The minimum Gasteiger partial charge on any atom is -0.332 e. The molecule has 1 aromatic heterocycles. The zero-order valence-corrected chi connectivity index (χ0v) is 13.9. The summed E-state index contributed by atoms with van der Waals surface area (Å²) in [4.78, 5) is 42.9. The summed E-state index contributed by atoms with van der Waals surface area (Å²) in [5.41, 5.74) is 1.13. The number of rotatable bonds is 6. The first-order valence-electron chi connectivity index (χ1n) is 8.49. The van der Waals surface area contributed by atoms with Gasteiger partial charge in [0.1, 0.15) is 0 Å². The molecule has 1 unspecified atom stereocenters. The molecular formula is C20H20N2O3. The molecule has 0 bridgehead atoms. The largest absolute Gasteiger partial charge is 0.332 e. The minimum absolute atomic E-state index is 0.0231. The van der Waals surface area contributed by atoms with E-state index in [1.807, 2.05) is 18.2 Å². The summed E-state index contributed by atoms with van der Waals surface area (Å²) in [5.74, 6) is -0.263. The molecule has 3 rings (SSSR count). The molecule has 128 valence electrons. The van der Waals surface area contributed by atoms with Crippen LogP contribution in [-0.2, 0) is 4.79 Å². The van der Waals surface area contributed by atoms with Crippen LogP contribution in [-0.4, -0.2) is 39.9 Å². The van der Waals surface area contributed by atoms with E-state index in [2.05, 4.69) is 4.98 Å². The lowest BCUT2D eigenvalue weighted by atomic mass is 10.0. The Morgan fingerprint density at radius 1 is 1.00 bits per heavy atom. The third-order valence-electron chi connectivity index (χ3n) is 4.48. The van der Waals surface area contributed by atoms with Crippen molar-refractivity contribution in [2.24, 2.45) is 0 Å². The first-order chi connectivity index (χ1) is 12.2. The number of likely N-dealkylation sites (tertiary alicyclic amines) is 1. The van der Waals surface area contributed by atoms with Crippen LogP contribution in [0.5, 0.6) is 0 Å². The molecule has 0 spiro atoms. The van der Waals surface area contributed by atoms with Gasteiger partial charge in [0, 0.05) is 42.9 Å². The number of Topliss-reactive ketones (excluding diaryl/α,β-unsaturated/α-hetero) is 2. The predicted octanol–water partition coefficient (Wildman–Crippen LogP) is 2.92. The molecule has 0 N–H and O–H groups in total. The molecule has 1 atom stereocenters. The second kappa shape index (κ2) is 7.83. The second-order valence-electron chi connectivity index (χ2n) is 6.14. The van der Waals surface area contributed by atoms with Crippen LogP contribution < -0.4 is 0 Å². The fourth-order valence-electron chi connectivity index (χ4n) is 3.17. The fraction of sp³-hybridized carbons (Fsp3) is 0.300. The maximum Gasteiger partial charge on any atom is 0.223 e. The topological polar surface area (TPSA) is 67.3 Å². The van der Waals surface area contributed by atoms with Crippen molar-refractivity contribution in [2.45, 2.75) is 31.7 Å². The third-order valence-corrected chi connectivity index (χ3v) is 4.48. The highest BCUT2D eigenvalue weighted by molar-refractivity contribution is 6.03. The smallest absolute Gasteiger partial charge is 0.223 e. The Labute approximate surface area is 146 Å². The summed E-state index contributed by atoms with van der Waals surface area (Å²) in [6.07, 6.45) is 4.84. The van der Waals surface area contributed by atoms with Crippen molar-refractivity contribution >= 4 is 17.5 Å². The van der Waals surface area contributed by atoms with Crippen LogP contribution in [0, 0.1) is 0 Å². The highest BCUT2D eigenvalue weighted by atomic mass is 16.2. The molecule has 0 saturated carbocycles. The minimum atomic E-state index is -0.414. The maximum atomic E-state index is 12.7. The quantitative estimate of drug-likeness (QED) is 0.761. The maximum absolute atomic E-state index is 12.7. The summed E-state index contributed by atoms with van der Waals surface area (Å²) >= 11 is 0. The highest BCUT2D eigenvalue weighted by Gasteiger charge is 2.34. The molecule has 0 aliphatic carbocycles. The normalized spacial score (nSPS) is 16.6. The van der Waals surface area contributed by atoms with Gasteiger partial charge >= 0.3 is 0 Å². The first-order valence-corrected chi connectivity index (χ1v) is 8.49. The summed E-state index contributed by atoms with van der Waals surface area (Å²) in [6, 6.07) is 12.0. The van der Waals surface area contributed by atoms with E-state index in [0.717, 1.165) is 6.42 Å². The first kappa shape index (κ1) is 17.0. The van der Waals surface area contributed by atoms with Crippen LogP contribution >= 0.6 is 0 Å². The Kier molecular flexibility index (Phi) is 5.33. The summed E-state index contributed by atoms with van der Waals surface area (Å²) in [5, 5.41) is 0. The SMILES string of the molecule is O=C(CCC(=O)N1CCCC1C(=O)c1ccccc1)c1cccnc1. The van der Waals surface area contributed by atoms with Crippen LogP contribution in [0.1, 0.15) is 46.4 Å². The van der Waals surface area contributed by atoms with E-state index in [9.17, 15) is 14.4 Å². The molecule has 1 aliphatic rings. The van der Waals surface area contributed by atoms with Gasteiger partial charge in [-0.1, -0.05) is 30.3 Å². The number of carbonyl (C=O) groups excluding carboxylic acids is 3. The molecule has 1 amide bonds. The zero-order valence-electron chi connectivity index (χ0n) is 13.9. The molecule has 25 heavy (non-hydrogen) atoms. The third kappa shape index (κ3) is 3.99. The van der Waals surface area contributed by atoms with Crippen molar-refractivity contribution in [1.29, 1.82) is 0 Å². The van der Waals surface area contributed by atoms with Crippen molar-refractivity contribution in [3.63, 3.8) is 0 Å². The van der Waals surface area contributed by atoms with E-state index >= 15 is 0 Å². The van der Waals surface area contributed by atoms with Gasteiger partial charge in [-0.2, -0.15) is 0 Å². The van der Waals surface area contributed by atoms with E-state index in [0.29, 0.717) is 24.1 Å². The molecule has 2 heterocycles. The van der Waals surface area contributed by atoms with Crippen molar-refractivity contribution in [2.75, 3.05) is 6.54 Å². The Morgan fingerprint density at radius 3 is 2.48 bits per heavy atom. The number of hydrogen-bond donors (Lipinski definition) is 0. The number of aromatic nitrogens is 1. The van der Waals surface area contributed by atoms with E-state index in [1.165, 1.54) is 6.20 Å². The molecule has 0 radical (unpaired) electrons. The van der Waals surface area contributed by atoms with Crippen LogP contribution in [0.2, 0.25) is 0 Å². The van der Waals surface area contributed by atoms with Crippen LogP contribution in [0.15, 0.2) is 54.9 Å². The van der Waals surface area contributed by atoms with E-state index in [4.69, 9.17) is 0 Å². The van der Waals surface area contributed by atoms with Crippen LogP contribution in [0.3, 0.4) is 0 Å². The van der Waals surface area contributed by atoms with E-state index < -0.39 is 6.04 Å². The standard InChI is InChI=1S/C20H20N2O3/c23-18(16-8-4-12-21-14-16)10-11-19(24)22-13-5-9-17(22)20(25)15-6-2-1-3-7-15/h1-4,6-8,12,14,17H,5,9-11,13H2. The van der Waals surface area contributed by atoms with Gasteiger partial charge in [0.15, 0.2) is 11.6 Å². The molecule has 1 aliphatic heterocycles. The number of carbonyl (C=O) groups is 3.